The average Bonchev–Trinajstić information content (AvgIpc) is 3.84. The topological polar surface area (TPSA) is 156 Å². The number of epoxide rings is 1. The number of aliphatic hydroxyl groups excluding tert-OH is 2. The summed E-state index contributed by atoms with van der Waals surface area (Å²) in [5, 5.41) is 24.6. The molecule has 2 saturated heterocycles. The fourth-order valence-corrected chi connectivity index (χ4v) is 7.35. The average molecular weight is 709 g/mol. The number of aliphatic hydroxyl groups is 2. The van der Waals surface area contributed by atoms with Gasteiger partial charge in [0.2, 0.25) is 17.6 Å². The van der Waals surface area contributed by atoms with E-state index in [1.807, 2.05) is 78.9 Å². The number of carbonyl (C=O) groups excluding carboxylic acids is 3. The monoisotopic (exact) mass is 708 g/mol. The minimum Gasteiger partial charge on any atom is -0.456 e. The van der Waals surface area contributed by atoms with E-state index in [1.54, 1.807) is 18.2 Å². The Labute approximate surface area is 302 Å². The summed E-state index contributed by atoms with van der Waals surface area (Å²) in [5.41, 5.74) is 2.85. The zero-order valence-electron chi connectivity index (χ0n) is 28.9. The molecule has 8 atom stereocenters. The molecular weight excluding hydrogens is 664 g/mol. The predicted octanol–water partition coefficient (Wildman–Crippen LogP) is 3.78. The fourth-order valence-electron chi connectivity index (χ4n) is 7.35. The second-order valence-electron chi connectivity index (χ2n) is 13.8. The van der Waals surface area contributed by atoms with E-state index in [2.05, 4.69) is 16.7 Å². The van der Waals surface area contributed by atoms with E-state index in [0.717, 1.165) is 36.0 Å². The van der Waals surface area contributed by atoms with Gasteiger partial charge in [-0.15, -0.1) is 0 Å². The van der Waals surface area contributed by atoms with Crippen LogP contribution in [0.1, 0.15) is 59.7 Å². The number of esters is 1. The third kappa shape index (κ3) is 7.74. The summed E-state index contributed by atoms with van der Waals surface area (Å²) in [5.74, 6) is -2.82. The normalized spacial score (nSPS) is 27.0. The van der Waals surface area contributed by atoms with E-state index in [9.17, 15) is 19.5 Å². The van der Waals surface area contributed by atoms with Gasteiger partial charge in [0.15, 0.2) is 0 Å². The second-order valence-corrected chi connectivity index (χ2v) is 13.8. The Morgan fingerprint density at radius 3 is 2.37 bits per heavy atom. The molecular formula is C41H44N2O9. The lowest BCUT2D eigenvalue weighted by Gasteiger charge is -2.31. The second kappa shape index (κ2) is 15.5. The van der Waals surface area contributed by atoms with Crippen molar-refractivity contribution in [2.75, 3.05) is 13.2 Å². The molecule has 3 aromatic carbocycles. The predicted molar refractivity (Wildman–Crippen MR) is 190 cm³/mol. The Hall–Kier alpha value is -4.65. The molecule has 0 aromatic heterocycles. The van der Waals surface area contributed by atoms with Crippen molar-refractivity contribution in [3.8, 4) is 0 Å². The molecule has 0 spiro atoms. The van der Waals surface area contributed by atoms with Gasteiger partial charge in [-0.25, -0.2) is 4.79 Å². The zero-order chi connectivity index (χ0) is 36.2. The quantitative estimate of drug-likeness (QED) is 0.163. The molecule has 0 bridgehead atoms. The molecule has 0 radical (unpaired) electrons. The highest BCUT2D eigenvalue weighted by atomic mass is 16.8. The van der Waals surface area contributed by atoms with E-state index in [-0.39, 0.29) is 25.1 Å². The van der Waals surface area contributed by atoms with Gasteiger partial charge in [0.1, 0.15) is 24.4 Å². The largest absolute Gasteiger partial charge is 0.456 e. The molecule has 272 valence electrons. The van der Waals surface area contributed by atoms with Crippen LogP contribution < -0.4 is 10.6 Å². The molecule has 11 nitrogen and oxygen atoms in total. The first-order chi connectivity index (χ1) is 25.2. The molecule has 3 aromatic rings. The number of nitrogens with one attached hydrogen (secondary N) is 2. The molecule has 52 heavy (non-hydrogen) atoms. The van der Waals surface area contributed by atoms with Crippen LogP contribution in [0.2, 0.25) is 0 Å². The van der Waals surface area contributed by atoms with Gasteiger partial charge >= 0.3 is 5.97 Å². The van der Waals surface area contributed by atoms with Gasteiger partial charge in [-0.2, -0.15) is 0 Å². The summed E-state index contributed by atoms with van der Waals surface area (Å²) in [6, 6.07) is 24.8. The molecule has 11 heteroatoms. The van der Waals surface area contributed by atoms with Gasteiger partial charge in [-0.3, -0.25) is 9.59 Å². The zero-order valence-corrected chi connectivity index (χ0v) is 28.9. The Kier molecular flexibility index (Phi) is 10.7. The van der Waals surface area contributed by atoms with Gasteiger partial charge < -0.3 is 39.8 Å². The van der Waals surface area contributed by atoms with Crippen molar-refractivity contribution >= 4 is 23.9 Å². The van der Waals surface area contributed by atoms with Crippen LogP contribution in [0.4, 0.5) is 0 Å². The minimum absolute atomic E-state index is 0.0396. The highest BCUT2D eigenvalue weighted by molar-refractivity contribution is 5.97. The van der Waals surface area contributed by atoms with E-state index in [0.29, 0.717) is 23.7 Å². The number of hydrogen-bond donors (Lipinski definition) is 4. The van der Waals surface area contributed by atoms with E-state index >= 15 is 0 Å². The number of hydrogen-bond acceptors (Lipinski definition) is 9. The van der Waals surface area contributed by atoms with Crippen molar-refractivity contribution in [2.24, 2.45) is 5.92 Å². The van der Waals surface area contributed by atoms with Gasteiger partial charge in [-0.05, 0) is 55.9 Å². The van der Waals surface area contributed by atoms with Crippen molar-refractivity contribution in [3.63, 3.8) is 0 Å². The maximum atomic E-state index is 13.9. The Bertz CT molecular complexity index is 1770. The number of carbonyl (C=O) groups is 3. The number of allylic oxidation sites excluding steroid dienone is 1. The lowest BCUT2D eigenvalue weighted by atomic mass is 9.88. The van der Waals surface area contributed by atoms with Crippen molar-refractivity contribution in [1.29, 1.82) is 0 Å². The molecule has 4 N–H and O–H groups in total. The summed E-state index contributed by atoms with van der Waals surface area (Å²) in [6.45, 7) is 1.05. The van der Waals surface area contributed by atoms with Crippen LogP contribution in [0, 0.1) is 5.92 Å². The van der Waals surface area contributed by atoms with Gasteiger partial charge in [0.05, 0.1) is 30.5 Å². The number of rotatable bonds is 12. The Balaban J connectivity index is 1.16. The maximum absolute atomic E-state index is 13.9. The first-order valence-electron chi connectivity index (χ1n) is 17.9. The van der Waals surface area contributed by atoms with E-state index in [1.165, 1.54) is 6.92 Å². The molecule has 2 aliphatic carbocycles. The van der Waals surface area contributed by atoms with Crippen LogP contribution >= 0.6 is 0 Å². The summed E-state index contributed by atoms with van der Waals surface area (Å²) >= 11 is 0. The molecule has 3 fully saturated rings. The minimum atomic E-state index is -1.38. The standard InChI is InChI=1S/C41H44N2O9/c1-25(45)36(39(47)42-19-20-44)43-38(46)29-23-34(50-40(48)28-10-8-9-26(21-28)15-16-27-17-18-32-33(22-27)49-32)37-35(24-29)51-41(52-37,30-11-4-2-5-12-30)31-13-6-3-7-14-31/h2-16,21,24-25,27,32-37,44-45H,17-20,22-23H2,1H3,(H,42,47)(H,43,46). The first-order valence-corrected chi connectivity index (χ1v) is 17.9. The highest BCUT2D eigenvalue weighted by Gasteiger charge is 2.55. The summed E-state index contributed by atoms with van der Waals surface area (Å²) in [7, 11) is 0. The highest BCUT2D eigenvalue weighted by Crippen LogP contribution is 2.47. The molecule has 2 aliphatic heterocycles. The maximum Gasteiger partial charge on any atom is 0.338 e. The van der Waals surface area contributed by atoms with Crippen molar-refractivity contribution < 1.29 is 43.5 Å². The van der Waals surface area contributed by atoms with Gasteiger partial charge in [0.25, 0.3) is 0 Å². The summed E-state index contributed by atoms with van der Waals surface area (Å²) in [4.78, 5) is 40.4. The van der Waals surface area contributed by atoms with Crippen LogP contribution in [-0.4, -0.2) is 83.8 Å². The van der Waals surface area contributed by atoms with Crippen molar-refractivity contribution in [2.45, 2.75) is 81.1 Å². The van der Waals surface area contributed by atoms with Crippen molar-refractivity contribution in [1.82, 2.24) is 10.6 Å². The smallest absolute Gasteiger partial charge is 0.338 e. The summed E-state index contributed by atoms with van der Waals surface area (Å²) in [6.07, 6.45) is 5.94. The Morgan fingerprint density at radius 2 is 1.69 bits per heavy atom. The summed E-state index contributed by atoms with van der Waals surface area (Å²) < 4.78 is 25.4. The van der Waals surface area contributed by atoms with Crippen LogP contribution in [-0.2, 0) is 34.3 Å². The lowest BCUT2D eigenvalue weighted by Crippen LogP contribution is -2.54. The first kappa shape index (κ1) is 35.7. The lowest BCUT2D eigenvalue weighted by molar-refractivity contribution is -0.157. The molecule has 1 saturated carbocycles. The molecule has 7 rings (SSSR count). The van der Waals surface area contributed by atoms with Crippen LogP contribution in [0.3, 0.4) is 0 Å². The number of ether oxygens (including phenoxy) is 4. The molecule has 4 aliphatic rings. The van der Waals surface area contributed by atoms with Gasteiger partial charge in [-0.1, -0.05) is 84.9 Å². The van der Waals surface area contributed by atoms with E-state index < -0.39 is 54.0 Å². The third-order valence-electron chi connectivity index (χ3n) is 10.1. The van der Waals surface area contributed by atoms with E-state index in [4.69, 9.17) is 24.1 Å². The van der Waals surface area contributed by atoms with Gasteiger partial charge in [0, 0.05) is 29.7 Å². The number of amides is 2. The third-order valence-corrected chi connectivity index (χ3v) is 10.1. The SMILES string of the molecule is CC(O)C(NC(=O)C1=CC2OC(c3ccccc3)(c3ccccc3)OC2C(OC(=O)c2cccc(C=CC3CCC4OC4C3)c2)C1)C(=O)NCCO. The molecule has 2 heterocycles. The van der Waals surface area contributed by atoms with Crippen molar-refractivity contribution in [3.05, 3.63) is 125 Å². The number of benzene rings is 3. The molecule has 2 amide bonds. The van der Waals surface area contributed by atoms with Crippen LogP contribution in [0.25, 0.3) is 6.08 Å². The number of fused-ring (bicyclic) bond motifs is 2. The fraction of sp³-hybridized carbons (Fsp3) is 0.390. The van der Waals surface area contributed by atoms with Crippen LogP contribution in [0.5, 0.6) is 0 Å². The van der Waals surface area contributed by atoms with Crippen LogP contribution in [0.15, 0.2) is 103 Å². The molecule has 8 unspecified atom stereocenters. The Morgan fingerprint density at radius 1 is 0.962 bits per heavy atom.